The summed E-state index contributed by atoms with van der Waals surface area (Å²) in [7, 11) is 0. The van der Waals surface area contributed by atoms with Crippen LogP contribution < -0.4 is 0 Å². The van der Waals surface area contributed by atoms with E-state index in [1.807, 2.05) is 40.1 Å². The summed E-state index contributed by atoms with van der Waals surface area (Å²) in [5.74, 6) is 0.151. The van der Waals surface area contributed by atoms with E-state index in [1.165, 1.54) is 0 Å². The Hall–Kier alpha value is -1.92. The molecule has 1 saturated carbocycles. The van der Waals surface area contributed by atoms with Crippen LogP contribution in [0.3, 0.4) is 0 Å². The molecule has 2 saturated heterocycles. The van der Waals surface area contributed by atoms with Gasteiger partial charge in [-0.3, -0.25) is 9.59 Å². The highest BCUT2D eigenvalue weighted by molar-refractivity contribution is 5.94. The first-order valence-corrected chi connectivity index (χ1v) is 9.50. The van der Waals surface area contributed by atoms with Gasteiger partial charge in [0.05, 0.1) is 24.7 Å². The van der Waals surface area contributed by atoms with Gasteiger partial charge in [-0.25, -0.2) is 0 Å². The zero-order valence-electron chi connectivity index (χ0n) is 15.0. The van der Waals surface area contributed by atoms with E-state index in [0.29, 0.717) is 38.3 Å². The summed E-state index contributed by atoms with van der Waals surface area (Å²) in [6.07, 6.45) is 2.61. The van der Waals surface area contributed by atoms with Crippen LogP contribution in [0.1, 0.15) is 36.0 Å². The van der Waals surface area contributed by atoms with Crippen LogP contribution in [0, 0.1) is 5.92 Å². The van der Waals surface area contributed by atoms with Gasteiger partial charge >= 0.3 is 0 Å². The molecule has 1 aliphatic carbocycles. The number of ether oxygens (including phenoxy) is 1. The lowest BCUT2D eigenvalue weighted by Gasteiger charge is -2.37. The van der Waals surface area contributed by atoms with Gasteiger partial charge in [-0.2, -0.15) is 0 Å². The number of nitrogens with zero attached hydrogens (tertiary/aromatic N) is 2. The van der Waals surface area contributed by atoms with Crippen LogP contribution in [-0.4, -0.2) is 71.2 Å². The van der Waals surface area contributed by atoms with Gasteiger partial charge < -0.3 is 19.6 Å². The fourth-order valence-electron chi connectivity index (χ4n) is 4.20. The fourth-order valence-corrected chi connectivity index (χ4v) is 4.20. The lowest BCUT2D eigenvalue weighted by atomic mass is 9.77. The molecule has 2 aliphatic heterocycles. The van der Waals surface area contributed by atoms with Crippen molar-refractivity contribution in [2.45, 2.75) is 37.4 Å². The molecular weight excluding hydrogens is 332 g/mol. The van der Waals surface area contributed by atoms with Crippen LogP contribution in [-0.2, 0) is 9.53 Å². The summed E-state index contributed by atoms with van der Waals surface area (Å²) in [4.78, 5) is 28.9. The van der Waals surface area contributed by atoms with Gasteiger partial charge in [-0.1, -0.05) is 18.2 Å². The number of hydrogen-bond acceptors (Lipinski definition) is 4. The number of likely N-dealkylation sites (tertiary alicyclic amines) is 1. The predicted octanol–water partition coefficient (Wildman–Crippen LogP) is 1.29. The maximum atomic E-state index is 12.7. The van der Waals surface area contributed by atoms with Gasteiger partial charge in [0.25, 0.3) is 5.91 Å². The Bertz CT molecular complexity index is 674. The minimum absolute atomic E-state index is 0.00445. The molecule has 6 nitrogen and oxygen atoms in total. The minimum Gasteiger partial charge on any atom is -0.389 e. The second-order valence-electron chi connectivity index (χ2n) is 7.84. The molecule has 0 bridgehead atoms. The van der Waals surface area contributed by atoms with Crippen molar-refractivity contribution in [1.82, 2.24) is 9.80 Å². The molecule has 140 valence electrons. The zero-order valence-corrected chi connectivity index (χ0v) is 15.0. The van der Waals surface area contributed by atoms with Crippen LogP contribution in [0.5, 0.6) is 0 Å². The number of rotatable bonds is 3. The third kappa shape index (κ3) is 3.48. The second-order valence-corrected chi connectivity index (χ2v) is 7.84. The van der Waals surface area contributed by atoms with Gasteiger partial charge in [0.2, 0.25) is 5.91 Å². The summed E-state index contributed by atoms with van der Waals surface area (Å²) in [6.45, 7) is 2.83. The van der Waals surface area contributed by atoms with E-state index >= 15 is 0 Å². The average molecular weight is 358 g/mol. The summed E-state index contributed by atoms with van der Waals surface area (Å²) in [5.41, 5.74) is -0.109. The third-order valence-electron chi connectivity index (χ3n) is 5.95. The van der Waals surface area contributed by atoms with Crippen molar-refractivity contribution in [1.29, 1.82) is 0 Å². The fraction of sp³-hybridized carbons (Fsp3) is 0.600. The van der Waals surface area contributed by atoms with Gasteiger partial charge in [-0.15, -0.1) is 0 Å². The number of amides is 2. The highest BCUT2D eigenvalue weighted by Gasteiger charge is 2.43. The Morgan fingerprint density at radius 2 is 1.85 bits per heavy atom. The van der Waals surface area contributed by atoms with E-state index in [0.717, 1.165) is 19.3 Å². The van der Waals surface area contributed by atoms with Gasteiger partial charge in [0.15, 0.2) is 0 Å². The highest BCUT2D eigenvalue weighted by atomic mass is 16.5. The molecule has 3 aliphatic rings. The van der Waals surface area contributed by atoms with Crippen LogP contribution in [0.25, 0.3) is 0 Å². The monoisotopic (exact) mass is 358 g/mol. The number of fused-ring (bicyclic) bond motifs is 1. The topological polar surface area (TPSA) is 70.1 Å². The first-order chi connectivity index (χ1) is 12.5. The van der Waals surface area contributed by atoms with E-state index < -0.39 is 5.60 Å². The van der Waals surface area contributed by atoms with Crippen LogP contribution in [0.4, 0.5) is 0 Å². The molecule has 3 fully saturated rings. The molecule has 6 heteroatoms. The molecule has 1 aromatic rings. The van der Waals surface area contributed by atoms with Crippen molar-refractivity contribution in [3.8, 4) is 0 Å². The number of hydrogen-bond donors (Lipinski definition) is 1. The van der Waals surface area contributed by atoms with Crippen LogP contribution >= 0.6 is 0 Å². The Kier molecular flexibility index (Phi) is 4.71. The van der Waals surface area contributed by atoms with Crippen molar-refractivity contribution >= 4 is 11.8 Å². The van der Waals surface area contributed by atoms with Crippen LogP contribution in [0.15, 0.2) is 30.3 Å². The lowest BCUT2D eigenvalue weighted by Crippen LogP contribution is -2.43. The predicted molar refractivity (Wildman–Crippen MR) is 95.6 cm³/mol. The normalized spacial score (nSPS) is 27.4. The van der Waals surface area contributed by atoms with Gasteiger partial charge in [0, 0.05) is 37.7 Å². The maximum absolute atomic E-state index is 12.7. The standard InChI is InChI=1S/C20H26N2O4/c23-18(11-20(25)7-4-8-20)22-13-16-12-21(9-10-26-17(16)14-22)19(24)15-5-2-1-3-6-15/h1-3,5-6,16-17,25H,4,7-14H2/t16-,17+/m0/s1. The lowest BCUT2D eigenvalue weighted by molar-refractivity contribution is -0.140. The van der Waals surface area contributed by atoms with Gasteiger partial charge in [0.1, 0.15) is 0 Å². The number of carbonyl (C=O) groups excluding carboxylic acids is 2. The first-order valence-electron chi connectivity index (χ1n) is 9.50. The molecule has 0 radical (unpaired) electrons. The van der Waals surface area contributed by atoms with Crippen molar-refractivity contribution in [3.63, 3.8) is 0 Å². The molecule has 4 rings (SSSR count). The molecule has 2 amide bonds. The summed E-state index contributed by atoms with van der Waals surface area (Å²) >= 11 is 0. The number of aliphatic hydroxyl groups is 1. The molecule has 2 heterocycles. The van der Waals surface area contributed by atoms with Crippen LogP contribution in [0.2, 0.25) is 0 Å². The van der Waals surface area contributed by atoms with Gasteiger partial charge in [-0.05, 0) is 31.4 Å². The molecular formula is C20H26N2O4. The molecule has 0 aromatic heterocycles. The molecule has 0 unspecified atom stereocenters. The van der Waals surface area contributed by atoms with Crippen molar-refractivity contribution in [2.24, 2.45) is 5.92 Å². The summed E-state index contributed by atoms with van der Waals surface area (Å²) < 4.78 is 5.94. The second kappa shape index (κ2) is 7.00. The third-order valence-corrected chi connectivity index (χ3v) is 5.95. The molecule has 2 atom stereocenters. The highest BCUT2D eigenvalue weighted by Crippen LogP contribution is 2.36. The molecule has 1 N–H and O–H groups in total. The zero-order chi connectivity index (χ0) is 18.1. The molecule has 0 spiro atoms. The molecule has 26 heavy (non-hydrogen) atoms. The Morgan fingerprint density at radius 3 is 2.54 bits per heavy atom. The quantitative estimate of drug-likeness (QED) is 0.884. The number of benzene rings is 1. The van der Waals surface area contributed by atoms with Crippen molar-refractivity contribution in [2.75, 3.05) is 32.8 Å². The van der Waals surface area contributed by atoms with Crippen molar-refractivity contribution < 1.29 is 19.4 Å². The van der Waals surface area contributed by atoms with E-state index in [9.17, 15) is 14.7 Å². The average Bonchev–Trinajstić information content (AvgIpc) is 2.92. The summed E-state index contributed by atoms with van der Waals surface area (Å²) in [5, 5.41) is 10.3. The Morgan fingerprint density at radius 1 is 1.12 bits per heavy atom. The summed E-state index contributed by atoms with van der Waals surface area (Å²) in [6, 6.07) is 9.29. The minimum atomic E-state index is -0.794. The van der Waals surface area contributed by atoms with E-state index in [2.05, 4.69) is 0 Å². The number of carbonyl (C=O) groups is 2. The smallest absolute Gasteiger partial charge is 0.253 e. The largest absolute Gasteiger partial charge is 0.389 e. The Balaban J connectivity index is 1.39. The SMILES string of the molecule is O=C(CC1(O)CCC1)N1C[C@@H]2CN(C(=O)c3ccccc3)CCO[C@@H]2C1. The van der Waals surface area contributed by atoms with E-state index in [1.54, 1.807) is 0 Å². The van der Waals surface area contributed by atoms with Crippen molar-refractivity contribution in [3.05, 3.63) is 35.9 Å². The molecule has 1 aromatic carbocycles. The van der Waals surface area contributed by atoms with E-state index in [4.69, 9.17) is 4.74 Å². The first kappa shape index (κ1) is 17.5. The van der Waals surface area contributed by atoms with E-state index in [-0.39, 0.29) is 30.3 Å². The maximum Gasteiger partial charge on any atom is 0.253 e. The Labute approximate surface area is 153 Å².